The second kappa shape index (κ2) is 7.38. The fourth-order valence-corrected chi connectivity index (χ4v) is 4.14. The summed E-state index contributed by atoms with van der Waals surface area (Å²) in [6.07, 6.45) is 7.18. The third-order valence-electron chi connectivity index (χ3n) is 5.63. The quantitative estimate of drug-likeness (QED) is 0.832. The van der Waals surface area contributed by atoms with Crippen molar-refractivity contribution in [2.45, 2.75) is 51.2 Å². The maximum atomic E-state index is 12.9. The van der Waals surface area contributed by atoms with Gasteiger partial charge in [-0.15, -0.1) is 5.10 Å². The highest BCUT2D eigenvalue weighted by atomic mass is 16.5. The van der Waals surface area contributed by atoms with E-state index in [0.717, 1.165) is 50.2 Å². The van der Waals surface area contributed by atoms with Gasteiger partial charge in [-0.2, -0.15) is 0 Å². The first-order chi connectivity index (χ1) is 13.0. The van der Waals surface area contributed by atoms with Crippen LogP contribution in [0.5, 0.6) is 0 Å². The number of pyridine rings is 1. The SMILES string of the molecule is CC1(C)C[C@H](C(=O)N2CCC(n3cc(-c4ccccn4)nn3)CC2)CCO1. The largest absolute Gasteiger partial charge is 0.376 e. The average molecular weight is 369 g/mol. The van der Waals surface area contributed by atoms with Gasteiger partial charge in [0, 0.05) is 31.8 Å². The Bertz CT molecular complexity index is 781. The molecule has 0 radical (unpaired) electrons. The zero-order valence-electron chi connectivity index (χ0n) is 16.0. The molecule has 2 saturated heterocycles. The lowest BCUT2D eigenvalue weighted by atomic mass is 9.87. The maximum Gasteiger partial charge on any atom is 0.225 e. The molecule has 0 bridgehead atoms. The summed E-state index contributed by atoms with van der Waals surface area (Å²) >= 11 is 0. The first-order valence-electron chi connectivity index (χ1n) is 9.78. The molecule has 144 valence electrons. The molecule has 0 N–H and O–H groups in total. The third kappa shape index (κ3) is 4.03. The molecule has 1 atom stereocenters. The van der Waals surface area contributed by atoms with Crippen LogP contribution in [0.25, 0.3) is 11.4 Å². The van der Waals surface area contributed by atoms with Crippen molar-refractivity contribution in [2.75, 3.05) is 19.7 Å². The number of nitrogens with zero attached hydrogens (tertiary/aromatic N) is 5. The fourth-order valence-electron chi connectivity index (χ4n) is 4.14. The van der Waals surface area contributed by atoms with Crippen LogP contribution >= 0.6 is 0 Å². The molecule has 2 aliphatic heterocycles. The lowest BCUT2D eigenvalue weighted by Gasteiger charge is -2.39. The van der Waals surface area contributed by atoms with Gasteiger partial charge in [0.15, 0.2) is 0 Å². The Morgan fingerprint density at radius 2 is 2.00 bits per heavy atom. The molecule has 7 heteroatoms. The van der Waals surface area contributed by atoms with Crippen LogP contribution in [0.4, 0.5) is 0 Å². The molecule has 0 spiro atoms. The summed E-state index contributed by atoms with van der Waals surface area (Å²) in [6, 6.07) is 6.05. The molecule has 0 aliphatic carbocycles. The smallest absolute Gasteiger partial charge is 0.225 e. The highest BCUT2D eigenvalue weighted by molar-refractivity contribution is 5.79. The van der Waals surface area contributed by atoms with Gasteiger partial charge >= 0.3 is 0 Å². The summed E-state index contributed by atoms with van der Waals surface area (Å²) in [5.74, 6) is 0.380. The summed E-state index contributed by atoms with van der Waals surface area (Å²) < 4.78 is 7.69. The van der Waals surface area contributed by atoms with E-state index in [4.69, 9.17) is 4.74 Å². The summed E-state index contributed by atoms with van der Waals surface area (Å²) in [5, 5.41) is 8.56. The van der Waals surface area contributed by atoms with Crippen LogP contribution in [0.3, 0.4) is 0 Å². The van der Waals surface area contributed by atoms with E-state index in [-0.39, 0.29) is 23.5 Å². The van der Waals surface area contributed by atoms with Gasteiger partial charge in [0.2, 0.25) is 5.91 Å². The van der Waals surface area contributed by atoms with Crippen molar-refractivity contribution >= 4 is 5.91 Å². The molecular formula is C20H27N5O2. The summed E-state index contributed by atoms with van der Waals surface area (Å²) in [5.41, 5.74) is 1.43. The minimum Gasteiger partial charge on any atom is -0.376 e. The van der Waals surface area contributed by atoms with Gasteiger partial charge in [0.05, 0.1) is 23.5 Å². The molecule has 7 nitrogen and oxygen atoms in total. The van der Waals surface area contributed by atoms with E-state index in [1.807, 2.05) is 34.0 Å². The van der Waals surface area contributed by atoms with E-state index < -0.39 is 0 Å². The zero-order chi connectivity index (χ0) is 18.9. The van der Waals surface area contributed by atoms with Crippen LogP contribution in [0.1, 0.15) is 45.6 Å². The number of likely N-dealkylation sites (tertiary alicyclic amines) is 1. The standard InChI is InChI=1S/C20H27N5O2/c1-20(2)13-15(8-12-27-20)19(26)24-10-6-16(7-11-24)25-14-18(22-23-25)17-5-3-4-9-21-17/h3-5,9,14-16H,6-8,10-13H2,1-2H3/t15-/m1/s1. The fraction of sp³-hybridized carbons (Fsp3) is 0.600. The Labute approximate surface area is 159 Å². The first-order valence-corrected chi connectivity index (χ1v) is 9.78. The van der Waals surface area contributed by atoms with Gasteiger partial charge in [-0.3, -0.25) is 9.78 Å². The molecule has 1 amide bonds. The van der Waals surface area contributed by atoms with Crippen LogP contribution in [-0.4, -0.2) is 56.1 Å². The molecule has 0 saturated carbocycles. The van der Waals surface area contributed by atoms with E-state index in [9.17, 15) is 4.79 Å². The topological polar surface area (TPSA) is 73.1 Å². The Hall–Kier alpha value is -2.28. The second-order valence-corrected chi connectivity index (χ2v) is 8.15. The predicted molar refractivity (Wildman–Crippen MR) is 101 cm³/mol. The molecule has 0 aromatic carbocycles. The Morgan fingerprint density at radius 1 is 1.19 bits per heavy atom. The average Bonchev–Trinajstić information content (AvgIpc) is 3.18. The number of piperidine rings is 1. The number of hydrogen-bond acceptors (Lipinski definition) is 5. The minimum atomic E-state index is -0.195. The van der Waals surface area contributed by atoms with Crippen molar-refractivity contribution in [3.63, 3.8) is 0 Å². The predicted octanol–water partition coefficient (Wildman–Crippen LogP) is 2.71. The van der Waals surface area contributed by atoms with Gasteiger partial charge in [0.25, 0.3) is 0 Å². The van der Waals surface area contributed by atoms with Crippen LogP contribution in [-0.2, 0) is 9.53 Å². The zero-order valence-corrected chi connectivity index (χ0v) is 16.0. The monoisotopic (exact) mass is 369 g/mol. The Balaban J connectivity index is 1.35. The van der Waals surface area contributed by atoms with Crippen molar-refractivity contribution in [1.82, 2.24) is 24.9 Å². The molecule has 2 fully saturated rings. The van der Waals surface area contributed by atoms with Crippen molar-refractivity contribution in [1.29, 1.82) is 0 Å². The molecule has 2 aromatic heterocycles. The molecule has 4 rings (SSSR count). The number of aromatic nitrogens is 4. The second-order valence-electron chi connectivity index (χ2n) is 8.15. The summed E-state index contributed by atoms with van der Waals surface area (Å²) in [4.78, 5) is 19.3. The van der Waals surface area contributed by atoms with Crippen LogP contribution in [0.15, 0.2) is 30.6 Å². The summed E-state index contributed by atoms with van der Waals surface area (Å²) in [6.45, 7) is 6.38. The van der Waals surface area contributed by atoms with Gasteiger partial charge in [0.1, 0.15) is 5.69 Å². The number of carbonyl (C=O) groups excluding carboxylic acids is 1. The highest BCUT2D eigenvalue weighted by Gasteiger charge is 2.36. The van der Waals surface area contributed by atoms with Gasteiger partial charge in [-0.1, -0.05) is 11.3 Å². The molecule has 27 heavy (non-hydrogen) atoms. The van der Waals surface area contributed by atoms with Crippen LogP contribution < -0.4 is 0 Å². The van der Waals surface area contributed by atoms with E-state index in [1.165, 1.54) is 0 Å². The molecule has 0 unspecified atom stereocenters. The van der Waals surface area contributed by atoms with E-state index in [0.29, 0.717) is 6.61 Å². The molecular weight excluding hydrogens is 342 g/mol. The van der Waals surface area contributed by atoms with Gasteiger partial charge < -0.3 is 9.64 Å². The van der Waals surface area contributed by atoms with E-state index in [1.54, 1.807) is 6.20 Å². The molecule has 4 heterocycles. The van der Waals surface area contributed by atoms with Gasteiger partial charge in [-0.05, 0) is 51.7 Å². The van der Waals surface area contributed by atoms with Gasteiger partial charge in [-0.25, -0.2) is 4.68 Å². The van der Waals surface area contributed by atoms with Crippen molar-refractivity contribution in [3.05, 3.63) is 30.6 Å². The minimum absolute atomic E-state index is 0.0902. The third-order valence-corrected chi connectivity index (χ3v) is 5.63. The van der Waals surface area contributed by atoms with Crippen molar-refractivity contribution in [3.8, 4) is 11.4 Å². The van der Waals surface area contributed by atoms with Crippen LogP contribution in [0, 0.1) is 5.92 Å². The maximum absolute atomic E-state index is 12.9. The summed E-state index contributed by atoms with van der Waals surface area (Å²) in [7, 11) is 0. The number of amides is 1. The number of ether oxygens (including phenoxy) is 1. The van der Waals surface area contributed by atoms with Crippen molar-refractivity contribution in [2.24, 2.45) is 5.92 Å². The van der Waals surface area contributed by atoms with Crippen LogP contribution in [0.2, 0.25) is 0 Å². The molecule has 2 aliphatic rings. The highest BCUT2D eigenvalue weighted by Crippen LogP contribution is 2.31. The Morgan fingerprint density at radius 3 is 2.70 bits per heavy atom. The van der Waals surface area contributed by atoms with E-state index in [2.05, 4.69) is 29.1 Å². The number of carbonyl (C=O) groups is 1. The van der Waals surface area contributed by atoms with E-state index >= 15 is 0 Å². The molecule has 2 aromatic rings. The van der Waals surface area contributed by atoms with Crippen molar-refractivity contribution < 1.29 is 9.53 Å². The Kier molecular flexibility index (Phi) is 4.95. The lowest BCUT2D eigenvalue weighted by molar-refractivity contribution is -0.146. The number of rotatable bonds is 3. The first kappa shape index (κ1) is 18.1. The normalized spacial score (nSPS) is 23.3. The number of hydrogen-bond donors (Lipinski definition) is 0. The lowest BCUT2D eigenvalue weighted by Crippen LogP contribution is -2.46.